The molecule has 0 atom stereocenters. The van der Waals surface area contributed by atoms with E-state index in [9.17, 15) is 0 Å². The predicted molar refractivity (Wildman–Crippen MR) is 113 cm³/mol. The molecule has 0 aromatic carbocycles. The lowest BCUT2D eigenvalue weighted by atomic mass is 9.68. The molecule has 1 spiro atoms. The van der Waals surface area contributed by atoms with E-state index in [1.165, 1.54) is 84.1 Å². The van der Waals surface area contributed by atoms with Gasteiger partial charge in [0.25, 0.3) is 0 Å². The third-order valence-corrected chi connectivity index (χ3v) is 6.42. The van der Waals surface area contributed by atoms with Crippen LogP contribution in [0.4, 0.5) is 0 Å². The van der Waals surface area contributed by atoms with Gasteiger partial charge in [0.15, 0.2) is 5.96 Å². The molecule has 1 N–H and O–H groups in total. The maximum absolute atomic E-state index is 4.51. The lowest BCUT2D eigenvalue weighted by Crippen LogP contribution is -2.43. The van der Waals surface area contributed by atoms with Gasteiger partial charge in [-0.25, -0.2) is 0 Å². The van der Waals surface area contributed by atoms with Gasteiger partial charge in [0.2, 0.25) is 0 Å². The molecule has 1 saturated carbocycles. The van der Waals surface area contributed by atoms with Gasteiger partial charge in [-0.05, 0) is 75.9 Å². The molecule has 3 aliphatic rings. The lowest BCUT2D eigenvalue weighted by molar-refractivity contribution is 0.151. The Kier molecular flexibility index (Phi) is 8.11. The number of unbranched alkanes of at least 4 members (excludes halogenated alkanes) is 1. The first-order valence-electron chi connectivity index (χ1n) is 9.89. The summed E-state index contributed by atoms with van der Waals surface area (Å²) in [5.41, 5.74) is 0.656. The highest BCUT2D eigenvalue weighted by Gasteiger charge is 2.43. The van der Waals surface area contributed by atoms with Crippen LogP contribution in [0, 0.1) is 11.3 Å². The Morgan fingerprint density at radius 1 is 1.12 bits per heavy atom. The number of halogens is 1. The van der Waals surface area contributed by atoms with Gasteiger partial charge >= 0.3 is 0 Å². The molecular weight excluding hydrogens is 411 g/mol. The van der Waals surface area contributed by atoms with Crippen molar-refractivity contribution < 1.29 is 0 Å². The van der Waals surface area contributed by atoms with Crippen molar-refractivity contribution >= 4 is 29.9 Å². The molecule has 140 valence electrons. The van der Waals surface area contributed by atoms with Crippen LogP contribution in [-0.2, 0) is 0 Å². The van der Waals surface area contributed by atoms with Gasteiger partial charge in [-0.2, -0.15) is 0 Å². The number of piperidine rings is 1. The number of nitrogens with zero attached hydrogens (tertiary/aromatic N) is 3. The smallest absolute Gasteiger partial charge is 0.193 e. The van der Waals surface area contributed by atoms with E-state index in [0.717, 1.165) is 18.4 Å². The highest BCUT2D eigenvalue weighted by atomic mass is 127. The summed E-state index contributed by atoms with van der Waals surface area (Å²) in [5, 5.41) is 3.60. The summed E-state index contributed by atoms with van der Waals surface area (Å²) in [6, 6.07) is 0. The third kappa shape index (κ3) is 5.23. The summed E-state index contributed by atoms with van der Waals surface area (Å²) in [4.78, 5) is 9.65. The van der Waals surface area contributed by atoms with Gasteiger partial charge in [0, 0.05) is 26.7 Å². The Hall–Kier alpha value is -0.0400. The van der Waals surface area contributed by atoms with E-state index in [2.05, 4.69) is 27.0 Å². The van der Waals surface area contributed by atoms with E-state index in [-0.39, 0.29) is 24.0 Å². The molecule has 0 unspecified atom stereocenters. The Morgan fingerprint density at radius 3 is 2.46 bits per heavy atom. The molecule has 3 fully saturated rings. The molecule has 0 aromatic heterocycles. The van der Waals surface area contributed by atoms with Gasteiger partial charge in [-0.15, -0.1) is 24.0 Å². The topological polar surface area (TPSA) is 30.9 Å². The zero-order valence-electron chi connectivity index (χ0n) is 15.7. The van der Waals surface area contributed by atoms with Gasteiger partial charge in [0.05, 0.1) is 0 Å². The molecule has 2 aliphatic heterocycles. The Bertz CT molecular complexity index is 400. The Morgan fingerprint density at radius 2 is 1.88 bits per heavy atom. The molecule has 2 heterocycles. The van der Waals surface area contributed by atoms with Gasteiger partial charge in [0.1, 0.15) is 0 Å². The van der Waals surface area contributed by atoms with Crippen LogP contribution >= 0.6 is 24.0 Å². The van der Waals surface area contributed by atoms with Crippen molar-refractivity contribution in [3.63, 3.8) is 0 Å². The average molecular weight is 448 g/mol. The van der Waals surface area contributed by atoms with Gasteiger partial charge < -0.3 is 15.1 Å². The largest absolute Gasteiger partial charge is 0.356 e. The van der Waals surface area contributed by atoms with Crippen LogP contribution < -0.4 is 5.32 Å². The van der Waals surface area contributed by atoms with Crippen molar-refractivity contribution in [2.24, 2.45) is 16.3 Å². The minimum absolute atomic E-state index is 0. The minimum atomic E-state index is 0. The van der Waals surface area contributed by atoms with Crippen molar-refractivity contribution in [1.29, 1.82) is 0 Å². The molecule has 0 bridgehead atoms. The lowest BCUT2D eigenvalue weighted by Gasteiger charge is -2.38. The van der Waals surface area contributed by atoms with E-state index in [4.69, 9.17) is 0 Å². The van der Waals surface area contributed by atoms with Crippen molar-refractivity contribution in [1.82, 2.24) is 15.1 Å². The van der Waals surface area contributed by atoms with E-state index >= 15 is 0 Å². The van der Waals surface area contributed by atoms with Gasteiger partial charge in [-0.3, -0.25) is 4.99 Å². The van der Waals surface area contributed by atoms with Crippen LogP contribution in [-0.4, -0.2) is 62.1 Å². The quantitative estimate of drug-likeness (QED) is 0.302. The molecule has 5 heteroatoms. The molecule has 24 heavy (non-hydrogen) atoms. The number of guanidine groups is 1. The zero-order chi connectivity index (χ0) is 16.1. The van der Waals surface area contributed by atoms with Crippen LogP contribution in [0.15, 0.2) is 4.99 Å². The van der Waals surface area contributed by atoms with Crippen LogP contribution in [0.5, 0.6) is 0 Å². The van der Waals surface area contributed by atoms with Gasteiger partial charge in [-0.1, -0.05) is 13.3 Å². The summed E-state index contributed by atoms with van der Waals surface area (Å²) in [6.45, 7) is 9.79. The highest BCUT2D eigenvalue weighted by molar-refractivity contribution is 14.0. The van der Waals surface area contributed by atoms with E-state index in [1.807, 2.05) is 7.05 Å². The number of hydrogen-bond acceptors (Lipinski definition) is 2. The van der Waals surface area contributed by atoms with Crippen molar-refractivity contribution in [2.45, 2.75) is 58.3 Å². The van der Waals surface area contributed by atoms with E-state index in [0.29, 0.717) is 5.41 Å². The molecule has 0 aromatic rings. The number of aliphatic imine (C=N–C) groups is 1. The maximum atomic E-state index is 4.51. The van der Waals surface area contributed by atoms with Crippen LogP contribution in [0.3, 0.4) is 0 Å². The van der Waals surface area contributed by atoms with Crippen molar-refractivity contribution in [3.8, 4) is 0 Å². The first-order valence-corrected chi connectivity index (χ1v) is 9.89. The van der Waals surface area contributed by atoms with Crippen molar-refractivity contribution in [3.05, 3.63) is 0 Å². The summed E-state index contributed by atoms with van der Waals surface area (Å²) < 4.78 is 0. The summed E-state index contributed by atoms with van der Waals surface area (Å²) in [5.74, 6) is 2.08. The second kappa shape index (κ2) is 9.60. The monoisotopic (exact) mass is 448 g/mol. The maximum Gasteiger partial charge on any atom is 0.193 e. The molecule has 2 saturated heterocycles. The predicted octanol–water partition coefficient (Wildman–Crippen LogP) is 3.57. The minimum Gasteiger partial charge on any atom is -0.356 e. The fourth-order valence-corrected chi connectivity index (χ4v) is 4.48. The number of nitrogens with one attached hydrogen (secondary N) is 1. The second-order valence-electron chi connectivity index (χ2n) is 8.23. The summed E-state index contributed by atoms with van der Waals surface area (Å²) in [7, 11) is 1.93. The molecule has 1 aliphatic carbocycles. The molecule has 3 rings (SSSR count). The first-order chi connectivity index (χ1) is 11.2. The van der Waals surface area contributed by atoms with Crippen molar-refractivity contribution in [2.75, 3.05) is 46.3 Å². The normalized spacial score (nSPS) is 24.8. The highest BCUT2D eigenvalue weighted by Crippen LogP contribution is 2.47. The standard InChI is InChI=1S/C19H36N4.HI/c1-17-6-13-22(14-7-17)12-4-3-11-21-18(20-2)23-15-10-19(16-23)8-5-9-19;/h17H,3-16H2,1-2H3,(H,20,21);1H. The summed E-state index contributed by atoms with van der Waals surface area (Å²) in [6.07, 6.45) is 11.0. The fraction of sp³-hybridized carbons (Fsp3) is 0.947. The van der Waals surface area contributed by atoms with E-state index < -0.39 is 0 Å². The fourth-order valence-electron chi connectivity index (χ4n) is 4.48. The van der Waals surface area contributed by atoms with Crippen LogP contribution in [0.1, 0.15) is 58.3 Å². The Balaban J connectivity index is 0.00000208. The zero-order valence-corrected chi connectivity index (χ0v) is 18.1. The third-order valence-electron chi connectivity index (χ3n) is 6.42. The SMILES string of the molecule is CN=C(NCCCCN1CCC(C)CC1)N1CCC2(CCC2)C1.I. The Labute approximate surface area is 165 Å². The molecule has 0 amide bonds. The number of rotatable bonds is 5. The molecular formula is C19H37IN4. The van der Waals surface area contributed by atoms with E-state index in [1.54, 1.807) is 0 Å². The van der Waals surface area contributed by atoms with Crippen LogP contribution in [0.25, 0.3) is 0 Å². The number of hydrogen-bond donors (Lipinski definition) is 1. The first kappa shape index (κ1) is 20.3. The molecule has 4 nitrogen and oxygen atoms in total. The average Bonchev–Trinajstić information content (AvgIpc) is 2.98. The second-order valence-corrected chi connectivity index (χ2v) is 8.23. The summed E-state index contributed by atoms with van der Waals surface area (Å²) >= 11 is 0. The van der Waals surface area contributed by atoms with Crippen LogP contribution in [0.2, 0.25) is 0 Å². The number of likely N-dealkylation sites (tertiary alicyclic amines) is 2. The molecule has 0 radical (unpaired) electrons.